The van der Waals surface area contributed by atoms with E-state index in [0.717, 1.165) is 42.7 Å². The molecule has 2 atom stereocenters. The number of benzene rings is 1. The van der Waals surface area contributed by atoms with E-state index in [1.165, 1.54) is 0 Å². The van der Waals surface area contributed by atoms with E-state index < -0.39 is 0 Å². The van der Waals surface area contributed by atoms with Gasteiger partial charge in [-0.1, -0.05) is 48.4 Å². The van der Waals surface area contributed by atoms with Gasteiger partial charge in [-0.05, 0) is 50.3 Å². The highest BCUT2D eigenvalue weighted by Gasteiger charge is 2.45. The van der Waals surface area contributed by atoms with Crippen molar-refractivity contribution < 1.29 is 9.21 Å². The topological polar surface area (TPSA) is 59.2 Å². The molecule has 2 heterocycles. The van der Waals surface area contributed by atoms with Crippen LogP contribution in [0.5, 0.6) is 0 Å². The van der Waals surface area contributed by atoms with Gasteiger partial charge in [0.2, 0.25) is 17.7 Å². The maximum Gasteiger partial charge on any atom is 0.227 e. The number of hydrogen-bond acceptors (Lipinski definition) is 4. The standard InChI is InChI=1S/C24H28ClN3O2/c1-3-6-20-8-4-7-17(2)28(20)22(29)14-13-21-26-27-23(30-21)24(15-5-16-24)18-9-11-19(25)12-10-18/h3-4,7,9-12,17,20H,1,5-6,8,13-16H2,2H3/t17-,20-/m1/s1. The number of aryl methyl sites for hydroxylation is 1. The Morgan fingerprint density at radius 3 is 2.77 bits per heavy atom. The fraction of sp³-hybridized carbons (Fsp3) is 0.458. The summed E-state index contributed by atoms with van der Waals surface area (Å²) in [4.78, 5) is 14.9. The van der Waals surface area contributed by atoms with E-state index in [4.69, 9.17) is 16.0 Å². The van der Waals surface area contributed by atoms with Gasteiger partial charge in [0.05, 0.1) is 5.41 Å². The van der Waals surface area contributed by atoms with Crippen molar-refractivity contribution in [2.75, 3.05) is 0 Å². The first-order valence-corrected chi connectivity index (χ1v) is 11.1. The number of amides is 1. The third kappa shape index (κ3) is 3.95. The molecule has 158 valence electrons. The lowest BCUT2D eigenvalue weighted by atomic mass is 9.64. The van der Waals surface area contributed by atoms with Crippen molar-refractivity contribution in [3.05, 3.63) is 71.4 Å². The van der Waals surface area contributed by atoms with Crippen LogP contribution in [0.4, 0.5) is 0 Å². The second kappa shape index (κ2) is 8.76. The fourth-order valence-corrected chi connectivity index (χ4v) is 4.75. The molecule has 0 N–H and O–H groups in total. The second-order valence-corrected chi connectivity index (χ2v) is 8.76. The minimum Gasteiger partial charge on any atom is -0.424 e. The molecule has 0 radical (unpaired) electrons. The van der Waals surface area contributed by atoms with Crippen molar-refractivity contribution in [2.45, 2.75) is 69.4 Å². The van der Waals surface area contributed by atoms with E-state index >= 15 is 0 Å². The van der Waals surface area contributed by atoms with Gasteiger partial charge >= 0.3 is 0 Å². The maximum atomic E-state index is 12.9. The molecule has 1 amide bonds. The predicted molar refractivity (Wildman–Crippen MR) is 117 cm³/mol. The Morgan fingerprint density at radius 1 is 1.33 bits per heavy atom. The van der Waals surface area contributed by atoms with Gasteiger partial charge in [-0.3, -0.25) is 4.79 Å². The van der Waals surface area contributed by atoms with Gasteiger partial charge in [0.25, 0.3) is 0 Å². The normalized spacial score (nSPS) is 22.5. The summed E-state index contributed by atoms with van der Waals surface area (Å²) in [6, 6.07) is 8.16. The van der Waals surface area contributed by atoms with Gasteiger partial charge < -0.3 is 9.32 Å². The van der Waals surface area contributed by atoms with Crippen LogP contribution in [-0.2, 0) is 16.6 Å². The third-order valence-corrected chi connectivity index (χ3v) is 6.67. The van der Waals surface area contributed by atoms with Crippen LogP contribution in [0.15, 0.2) is 53.5 Å². The van der Waals surface area contributed by atoms with Crippen molar-refractivity contribution in [2.24, 2.45) is 0 Å². The van der Waals surface area contributed by atoms with E-state index in [-0.39, 0.29) is 23.4 Å². The first-order valence-electron chi connectivity index (χ1n) is 10.7. The molecule has 5 nitrogen and oxygen atoms in total. The Labute approximate surface area is 182 Å². The van der Waals surface area contributed by atoms with E-state index in [1.54, 1.807) is 0 Å². The molecule has 0 bridgehead atoms. The molecule has 1 aliphatic heterocycles. The molecular formula is C24H28ClN3O2. The zero-order chi connectivity index (χ0) is 21.1. The van der Waals surface area contributed by atoms with Crippen LogP contribution in [0.1, 0.15) is 62.8 Å². The predicted octanol–water partition coefficient (Wildman–Crippen LogP) is 5.25. The molecule has 0 spiro atoms. The number of carbonyl (C=O) groups is 1. The van der Waals surface area contributed by atoms with Gasteiger partial charge in [0.1, 0.15) is 0 Å². The Morgan fingerprint density at radius 2 is 2.10 bits per heavy atom. The highest BCUT2D eigenvalue weighted by molar-refractivity contribution is 6.30. The number of halogens is 1. The first kappa shape index (κ1) is 20.9. The minimum absolute atomic E-state index is 0.0950. The average molecular weight is 426 g/mol. The Balaban J connectivity index is 1.44. The van der Waals surface area contributed by atoms with Crippen molar-refractivity contribution in [3.63, 3.8) is 0 Å². The summed E-state index contributed by atoms with van der Waals surface area (Å²) < 4.78 is 6.06. The van der Waals surface area contributed by atoms with Crippen LogP contribution in [0.3, 0.4) is 0 Å². The van der Waals surface area contributed by atoms with Crippen LogP contribution in [0, 0.1) is 0 Å². The molecule has 1 aliphatic carbocycles. The molecule has 2 aliphatic rings. The van der Waals surface area contributed by atoms with Crippen molar-refractivity contribution in [1.82, 2.24) is 15.1 Å². The van der Waals surface area contributed by atoms with Crippen molar-refractivity contribution in [1.29, 1.82) is 0 Å². The molecule has 0 saturated heterocycles. The van der Waals surface area contributed by atoms with Crippen LogP contribution < -0.4 is 0 Å². The summed E-state index contributed by atoms with van der Waals surface area (Å²) in [5.41, 5.74) is 0.937. The van der Waals surface area contributed by atoms with Gasteiger partial charge in [-0.2, -0.15) is 0 Å². The molecule has 1 aromatic heterocycles. The maximum absolute atomic E-state index is 12.9. The summed E-state index contributed by atoms with van der Waals surface area (Å²) in [7, 11) is 0. The van der Waals surface area contributed by atoms with E-state index in [9.17, 15) is 4.79 Å². The molecule has 6 heteroatoms. The van der Waals surface area contributed by atoms with Crippen LogP contribution in [-0.4, -0.2) is 33.1 Å². The lowest BCUT2D eigenvalue weighted by Gasteiger charge is -2.39. The number of hydrogen-bond donors (Lipinski definition) is 0. The first-order chi connectivity index (χ1) is 14.5. The molecular weight excluding hydrogens is 398 g/mol. The van der Waals surface area contributed by atoms with Crippen molar-refractivity contribution in [3.8, 4) is 0 Å². The summed E-state index contributed by atoms with van der Waals surface area (Å²) in [5, 5.41) is 9.33. The van der Waals surface area contributed by atoms with Gasteiger partial charge in [0.15, 0.2) is 0 Å². The van der Waals surface area contributed by atoms with Gasteiger partial charge in [-0.25, -0.2) is 0 Å². The third-order valence-electron chi connectivity index (χ3n) is 6.41. The Kier molecular flexibility index (Phi) is 6.09. The summed E-state index contributed by atoms with van der Waals surface area (Å²) in [6.45, 7) is 5.89. The molecule has 1 fully saturated rings. The SMILES string of the molecule is C=CC[C@@H]1CC=C[C@@H](C)N1C(=O)CCc1nnc(C2(c3ccc(Cl)cc3)CCC2)o1. The van der Waals surface area contributed by atoms with E-state index in [0.29, 0.717) is 24.6 Å². The zero-order valence-electron chi connectivity index (χ0n) is 17.4. The number of rotatable bonds is 7. The Bertz CT molecular complexity index is 930. The lowest BCUT2D eigenvalue weighted by Crippen LogP contribution is -2.46. The minimum atomic E-state index is -0.221. The quantitative estimate of drug-likeness (QED) is 0.568. The van der Waals surface area contributed by atoms with E-state index in [2.05, 4.69) is 35.9 Å². The molecule has 30 heavy (non-hydrogen) atoms. The van der Waals surface area contributed by atoms with Crippen LogP contribution >= 0.6 is 11.6 Å². The summed E-state index contributed by atoms with van der Waals surface area (Å²) in [6.07, 6.45) is 11.7. The molecule has 1 aromatic carbocycles. The molecule has 4 rings (SSSR count). The highest BCUT2D eigenvalue weighted by Crippen LogP contribution is 2.48. The van der Waals surface area contributed by atoms with Crippen LogP contribution in [0.25, 0.3) is 0 Å². The summed E-state index contributed by atoms with van der Waals surface area (Å²) in [5.74, 6) is 1.30. The van der Waals surface area contributed by atoms with Gasteiger partial charge in [0, 0.05) is 29.9 Å². The monoisotopic (exact) mass is 425 g/mol. The largest absolute Gasteiger partial charge is 0.424 e. The highest BCUT2D eigenvalue weighted by atomic mass is 35.5. The average Bonchev–Trinajstić information content (AvgIpc) is 3.16. The molecule has 0 unspecified atom stereocenters. The number of aromatic nitrogens is 2. The Hall–Kier alpha value is -2.40. The lowest BCUT2D eigenvalue weighted by molar-refractivity contribution is -0.135. The number of carbonyl (C=O) groups excluding carboxylic acids is 1. The fourth-order valence-electron chi connectivity index (χ4n) is 4.62. The van der Waals surface area contributed by atoms with Crippen molar-refractivity contribution >= 4 is 17.5 Å². The zero-order valence-corrected chi connectivity index (χ0v) is 18.1. The van der Waals surface area contributed by atoms with Gasteiger partial charge in [-0.15, -0.1) is 16.8 Å². The van der Waals surface area contributed by atoms with E-state index in [1.807, 2.05) is 35.2 Å². The molecule has 2 aromatic rings. The summed E-state index contributed by atoms with van der Waals surface area (Å²) >= 11 is 6.05. The second-order valence-electron chi connectivity index (χ2n) is 8.33. The molecule has 1 saturated carbocycles. The smallest absolute Gasteiger partial charge is 0.227 e. The number of nitrogens with zero attached hydrogens (tertiary/aromatic N) is 3. The van der Waals surface area contributed by atoms with Crippen LogP contribution in [0.2, 0.25) is 5.02 Å².